The third-order valence-electron chi connectivity index (χ3n) is 4.42. The predicted octanol–water partition coefficient (Wildman–Crippen LogP) is 3.13. The molecule has 0 spiro atoms. The highest BCUT2D eigenvalue weighted by Gasteiger charge is 2.21. The number of hydrogen-bond donors (Lipinski definition) is 1. The highest BCUT2D eigenvalue weighted by Crippen LogP contribution is 2.30. The number of imidazole rings is 1. The van der Waals surface area contributed by atoms with Crippen molar-refractivity contribution >= 4 is 0 Å². The molecule has 3 rings (SSSR count). The van der Waals surface area contributed by atoms with Gasteiger partial charge < -0.3 is 14.5 Å². The maximum Gasteiger partial charge on any atom is 0.128 e. The van der Waals surface area contributed by atoms with E-state index in [4.69, 9.17) is 0 Å². The Hall–Kier alpha value is -1.55. The zero-order valence-electron chi connectivity index (χ0n) is 13.2. The fraction of sp³-hybridized carbons (Fsp3) is 0.588. The molecule has 1 aliphatic rings. The van der Waals surface area contributed by atoms with Gasteiger partial charge in [0.05, 0.1) is 6.54 Å². The molecule has 1 N–H and O–H groups in total. The van der Waals surface area contributed by atoms with Crippen LogP contribution < -0.4 is 5.32 Å². The van der Waals surface area contributed by atoms with Gasteiger partial charge in [-0.1, -0.05) is 6.92 Å². The van der Waals surface area contributed by atoms with Crippen molar-refractivity contribution in [1.29, 1.82) is 0 Å². The maximum atomic E-state index is 4.48. The van der Waals surface area contributed by atoms with E-state index in [1.807, 2.05) is 6.20 Å². The number of fused-ring (bicyclic) bond motifs is 1. The van der Waals surface area contributed by atoms with Crippen molar-refractivity contribution in [2.75, 3.05) is 6.54 Å². The van der Waals surface area contributed by atoms with Gasteiger partial charge in [0.1, 0.15) is 5.82 Å². The molecular formula is C17H26N4. The van der Waals surface area contributed by atoms with Crippen molar-refractivity contribution in [3.8, 4) is 0 Å². The molecule has 1 aliphatic carbocycles. The molecule has 0 saturated heterocycles. The molecule has 0 radical (unpaired) electrons. The summed E-state index contributed by atoms with van der Waals surface area (Å²) in [7, 11) is 0. The van der Waals surface area contributed by atoms with Crippen LogP contribution in [0.1, 0.15) is 56.1 Å². The van der Waals surface area contributed by atoms with Gasteiger partial charge in [-0.25, -0.2) is 4.98 Å². The molecule has 0 aromatic carbocycles. The van der Waals surface area contributed by atoms with Crippen LogP contribution in [0.25, 0.3) is 0 Å². The van der Waals surface area contributed by atoms with Crippen molar-refractivity contribution in [3.63, 3.8) is 0 Å². The summed E-state index contributed by atoms with van der Waals surface area (Å²) in [5.41, 5.74) is 3.02. The molecule has 0 amide bonds. The standard InChI is InChI=1S/C17H26N4/c1-3-8-18-16-7-5-6-14-11-20(12-15(14)16)13-17-19-9-10-21(17)4-2/h9-12,16,18H,3-8,13H2,1-2H3. The van der Waals surface area contributed by atoms with Gasteiger partial charge in [0.2, 0.25) is 0 Å². The van der Waals surface area contributed by atoms with Crippen molar-refractivity contribution in [1.82, 2.24) is 19.4 Å². The van der Waals surface area contributed by atoms with Crippen LogP contribution in [0, 0.1) is 0 Å². The summed E-state index contributed by atoms with van der Waals surface area (Å²) in [6, 6.07) is 0.542. The Morgan fingerprint density at radius 1 is 1.33 bits per heavy atom. The highest BCUT2D eigenvalue weighted by molar-refractivity contribution is 5.30. The minimum Gasteiger partial charge on any atom is -0.346 e. The van der Waals surface area contributed by atoms with Crippen molar-refractivity contribution in [2.45, 2.75) is 58.7 Å². The normalized spacial score (nSPS) is 17.9. The van der Waals surface area contributed by atoms with Crippen molar-refractivity contribution in [2.24, 2.45) is 0 Å². The SMILES string of the molecule is CCCNC1CCCc2cn(Cc3nccn3CC)cc21. The number of nitrogens with zero attached hydrogens (tertiary/aromatic N) is 3. The lowest BCUT2D eigenvalue weighted by Crippen LogP contribution is -2.24. The molecule has 0 bridgehead atoms. The molecule has 4 nitrogen and oxygen atoms in total. The molecule has 0 fully saturated rings. The lowest BCUT2D eigenvalue weighted by molar-refractivity contribution is 0.462. The molecule has 114 valence electrons. The van der Waals surface area contributed by atoms with Crippen LogP contribution >= 0.6 is 0 Å². The Bertz CT molecular complexity index is 581. The van der Waals surface area contributed by atoms with Crippen LogP contribution in [0.4, 0.5) is 0 Å². The minimum atomic E-state index is 0.542. The fourth-order valence-corrected chi connectivity index (χ4v) is 3.31. The summed E-state index contributed by atoms with van der Waals surface area (Å²) < 4.78 is 4.52. The number of aromatic nitrogens is 3. The fourth-order valence-electron chi connectivity index (χ4n) is 3.31. The smallest absolute Gasteiger partial charge is 0.128 e. The Morgan fingerprint density at radius 2 is 2.24 bits per heavy atom. The third kappa shape index (κ3) is 3.05. The summed E-state index contributed by atoms with van der Waals surface area (Å²) in [6.07, 6.45) is 13.6. The van der Waals surface area contributed by atoms with E-state index in [1.165, 1.54) is 36.8 Å². The summed E-state index contributed by atoms with van der Waals surface area (Å²) >= 11 is 0. The first-order valence-corrected chi connectivity index (χ1v) is 8.23. The second kappa shape index (κ2) is 6.48. The lowest BCUT2D eigenvalue weighted by Gasteiger charge is -2.23. The Labute approximate surface area is 127 Å². The van der Waals surface area contributed by atoms with Gasteiger partial charge in [-0.15, -0.1) is 0 Å². The van der Waals surface area contributed by atoms with Crippen LogP contribution in [-0.2, 0) is 19.5 Å². The van der Waals surface area contributed by atoms with Gasteiger partial charge in [-0.2, -0.15) is 0 Å². The van der Waals surface area contributed by atoms with Gasteiger partial charge in [-0.3, -0.25) is 0 Å². The molecule has 2 heterocycles. The highest BCUT2D eigenvalue weighted by atomic mass is 15.1. The van der Waals surface area contributed by atoms with Crippen LogP contribution in [-0.4, -0.2) is 20.7 Å². The average Bonchev–Trinajstić information content (AvgIpc) is 3.11. The second-order valence-electron chi connectivity index (χ2n) is 5.94. The van der Waals surface area contributed by atoms with Crippen LogP contribution in [0.15, 0.2) is 24.8 Å². The summed E-state index contributed by atoms with van der Waals surface area (Å²) in [4.78, 5) is 4.48. The Kier molecular flexibility index (Phi) is 4.44. The van der Waals surface area contributed by atoms with Gasteiger partial charge >= 0.3 is 0 Å². The second-order valence-corrected chi connectivity index (χ2v) is 5.94. The predicted molar refractivity (Wildman–Crippen MR) is 85.4 cm³/mol. The summed E-state index contributed by atoms with van der Waals surface area (Å²) in [5, 5.41) is 3.69. The number of aryl methyl sites for hydroxylation is 2. The monoisotopic (exact) mass is 286 g/mol. The van der Waals surface area contributed by atoms with E-state index in [0.717, 1.165) is 25.5 Å². The molecule has 1 unspecified atom stereocenters. The Morgan fingerprint density at radius 3 is 3.05 bits per heavy atom. The summed E-state index contributed by atoms with van der Waals surface area (Å²) in [6.45, 7) is 7.35. The molecule has 0 saturated carbocycles. The van der Waals surface area contributed by atoms with Gasteiger partial charge in [-0.05, 0) is 50.3 Å². The number of nitrogens with one attached hydrogen (secondary N) is 1. The molecule has 4 heteroatoms. The van der Waals surface area contributed by atoms with Crippen molar-refractivity contribution < 1.29 is 0 Å². The first-order valence-electron chi connectivity index (χ1n) is 8.23. The molecule has 2 aromatic heterocycles. The van der Waals surface area contributed by atoms with Gasteiger partial charge in [0.25, 0.3) is 0 Å². The van der Waals surface area contributed by atoms with Crippen LogP contribution in [0.5, 0.6) is 0 Å². The van der Waals surface area contributed by atoms with Crippen LogP contribution in [0.3, 0.4) is 0 Å². The van der Waals surface area contributed by atoms with E-state index >= 15 is 0 Å². The maximum absolute atomic E-state index is 4.48. The average molecular weight is 286 g/mol. The molecule has 2 aromatic rings. The quantitative estimate of drug-likeness (QED) is 0.885. The van der Waals surface area contributed by atoms with Crippen molar-refractivity contribution in [3.05, 3.63) is 41.7 Å². The van der Waals surface area contributed by atoms with E-state index in [9.17, 15) is 0 Å². The third-order valence-corrected chi connectivity index (χ3v) is 4.42. The van der Waals surface area contributed by atoms with Gasteiger partial charge in [0, 0.05) is 37.4 Å². The topological polar surface area (TPSA) is 34.8 Å². The van der Waals surface area contributed by atoms with E-state index < -0.39 is 0 Å². The van der Waals surface area contributed by atoms with E-state index in [2.05, 4.69) is 51.9 Å². The zero-order valence-corrected chi connectivity index (χ0v) is 13.2. The zero-order chi connectivity index (χ0) is 14.7. The van der Waals surface area contributed by atoms with Gasteiger partial charge in [0.15, 0.2) is 0 Å². The van der Waals surface area contributed by atoms with Crippen LogP contribution in [0.2, 0.25) is 0 Å². The molecule has 0 aliphatic heterocycles. The lowest BCUT2D eigenvalue weighted by atomic mass is 9.91. The summed E-state index contributed by atoms with van der Waals surface area (Å²) in [5.74, 6) is 1.14. The molecule has 21 heavy (non-hydrogen) atoms. The number of hydrogen-bond acceptors (Lipinski definition) is 2. The first kappa shape index (κ1) is 14.4. The first-order chi connectivity index (χ1) is 10.3. The van der Waals surface area contributed by atoms with E-state index in [1.54, 1.807) is 0 Å². The minimum absolute atomic E-state index is 0.542. The van der Waals surface area contributed by atoms with E-state index in [-0.39, 0.29) is 0 Å². The molecule has 1 atom stereocenters. The molecular weight excluding hydrogens is 260 g/mol. The largest absolute Gasteiger partial charge is 0.346 e. The van der Waals surface area contributed by atoms with E-state index in [0.29, 0.717) is 6.04 Å². The Balaban J connectivity index is 1.78. The number of rotatable bonds is 6.